The van der Waals surface area contributed by atoms with Crippen molar-refractivity contribution in [3.63, 3.8) is 0 Å². The van der Waals surface area contributed by atoms with Crippen LogP contribution in [0, 0.1) is 0 Å². The first-order chi connectivity index (χ1) is 14.1. The van der Waals surface area contributed by atoms with Gasteiger partial charge in [0.1, 0.15) is 5.75 Å². The highest BCUT2D eigenvalue weighted by Crippen LogP contribution is 2.27. The maximum absolute atomic E-state index is 12.8. The Labute approximate surface area is 175 Å². The van der Waals surface area contributed by atoms with Gasteiger partial charge in [-0.25, -0.2) is 8.42 Å². The summed E-state index contributed by atoms with van der Waals surface area (Å²) >= 11 is 6.05. The summed E-state index contributed by atoms with van der Waals surface area (Å²) in [5.74, 6) is -1.31. The van der Waals surface area contributed by atoms with Gasteiger partial charge in [-0.3, -0.25) is 4.79 Å². The summed E-state index contributed by atoms with van der Waals surface area (Å²) < 4.78 is 72.9. The average Bonchev–Trinajstić information content (AvgIpc) is 2.67. The number of carbonyl (C=O) groups excluding carboxylic acids is 1. The number of amides is 1. The molecule has 162 valence electrons. The number of nitrogens with zero attached hydrogens (tertiary/aromatic N) is 1. The van der Waals surface area contributed by atoms with E-state index >= 15 is 0 Å². The lowest BCUT2D eigenvalue weighted by atomic mass is 10.2. The van der Waals surface area contributed by atoms with Crippen LogP contribution in [-0.2, 0) is 14.8 Å². The highest BCUT2D eigenvalue weighted by Gasteiger charge is 2.31. The van der Waals surface area contributed by atoms with E-state index in [1.807, 2.05) is 0 Å². The van der Waals surface area contributed by atoms with Crippen LogP contribution in [0.25, 0.3) is 0 Å². The Bertz CT molecular complexity index is 1040. The number of hydrogen-bond acceptors (Lipinski definition) is 5. The number of alkyl halides is 3. The number of morpholine rings is 1. The Balaban J connectivity index is 1.83. The van der Waals surface area contributed by atoms with Crippen molar-refractivity contribution in [3.05, 3.63) is 53.1 Å². The van der Waals surface area contributed by atoms with Crippen LogP contribution in [0.4, 0.5) is 18.9 Å². The highest BCUT2D eigenvalue weighted by molar-refractivity contribution is 7.89. The molecule has 0 saturated carbocycles. The SMILES string of the molecule is O=C(Nc1cccc(OC(F)(F)F)c1)c1cc(S(=O)(=O)N2CCOCC2)ccc1Cl. The van der Waals surface area contributed by atoms with E-state index in [0.29, 0.717) is 0 Å². The zero-order valence-corrected chi connectivity index (χ0v) is 16.9. The fourth-order valence-corrected chi connectivity index (χ4v) is 4.38. The number of anilines is 1. The van der Waals surface area contributed by atoms with Crippen LogP contribution in [0.5, 0.6) is 5.75 Å². The van der Waals surface area contributed by atoms with Gasteiger partial charge in [-0.1, -0.05) is 17.7 Å². The molecule has 0 bridgehead atoms. The minimum Gasteiger partial charge on any atom is -0.406 e. The van der Waals surface area contributed by atoms with Crippen LogP contribution in [0.1, 0.15) is 10.4 Å². The molecular weight excluding hydrogens is 449 g/mol. The van der Waals surface area contributed by atoms with Gasteiger partial charge >= 0.3 is 6.36 Å². The summed E-state index contributed by atoms with van der Waals surface area (Å²) in [7, 11) is -3.87. The molecule has 0 radical (unpaired) electrons. The number of ether oxygens (including phenoxy) is 2. The third-order valence-corrected chi connectivity index (χ3v) is 6.34. The maximum atomic E-state index is 12.8. The maximum Gasteiger partial charge on any atom is 0.573 e. The van der Waals surface area contributed by atoms with Crippen molar-refractivity contribution in [2.45, 2.75) is 11.3 Å². The van der Waals surface area contributed by atoms with Crippen molar-refractivity contribution in [2.24, 2.45) is 0 Å². The Morgan fingerprint density at radius 2 is 1.83 bits per heavy atom. The molecule has 1 saturated heterocycles. The number of benzene rings is 2. The standard InChI is InChI=1S/C18H16ClF3N2O5S/c19-16-5-4-14(30(26,27)24-6-8-28-9-7-24)11-15(16)17(25)23-12-2-1-3-13(10-12)29-18(20,21)22/h1-5,10-11H,6-9H2,(H,23,25). The van der Waals surface area contributed by atoms with Gasteiger partial charge in [0, 0.05) is 24.8 Å². The lowest BCUT2D eigenvalue weighted by Crippen LogP contribution is -2.40. The summed E-state index contributed by atoms with van der Waals surface area (Å²) in [4.78, 5) is 12.5. The van der Waals surface area contributed by atoms with Gasteiger partial charge in [0.15, 0.2) is 0 Å². The van der Waals surface area contributed by atoms with E-state index in [2.05, 4.69) is 10.1 Å². The van der Waals surface area contributed by atoms with E-state index in [9.17, 15) is 26.4 Å². The molecule has 2 aromatic rings. The zero-order valence-electron chi connectivity index (χ0n) is 15.3. The number of halogens is 4. The van der Waals surface area contributed by atoms with Crippen molar-refractivity contribution in [1.29, 1.82) is 0 Å². The van der Waals surface area contributed by atoms with Gasteiger partial charge in [0.25, 0.3) is 5.91 Å². The second kappa shape index (κ2) is 8.80. The monoisotopic (exact) mass is 464 g/mol. The van der Waals surface area contributed by atoms with Crippen LogP contribution in [0.2, 0.25) is 5.02 Å². The minimum absolute atomic E-state index is 0.0132. The number of nitrogens with one attached hydrogen (secondary N) is 1. The average molecular weight is 465 g/mol. The van der Waals surface area contributed by atoms with Crippen molar-refractivity contribution in [1.82, 2.24) is 4.31 Å². The summed E-state index contributed by atoms with van der Waals surface area (Å²) in [6, 6.07) is 8.34. The number of carbonyl (C=O) groups is 1. The van der Waals surface area contributed by atoms with Crippen LogP contribution < -0.4 is 10.1 Å². The van der Waals surface area contributed by atoms with E-state index in [1.165, 1.54) is 28.6 Å². The quantitative estimate of drug-likeness (QED) is 0.732. The smallest absolute Gasteiger partial charge is 0.406 e. The third-order valence-electron chi connectivity index (χ3n) is 4.12. The molecule has 12 heteroatoms. The van der Waals surface area contributed by atoms with Gasteiger partial charge in [-0.15, -0.1) is 13.2 Å². The van der Waals surface area contributed by atoms with E-state index < -0.39 is 28.0 Å². The van der Waals surface area contributed by atoms with Crippen molar-refractivity contribution >= 4 is 33.2 Å². The molecule has 1 aliphatic heterocycles. The highest BCUT2D eigenvalue weighted by atomic mass is 35.5. The number of hydrogen-bond donors (Lipinski definition) is 1. The van der Waals surface area contributed by atoms with Crippen LogP contribution in [0.15, 0.2) is 47.4 Å². The molecule has 1 amide bonds. The first kappa shape index (κ1) is 22.3. The number of sulfonamides is 1. The Morgan fingerprint density at radius 1 is 1.13 bits per heavy atom. The van der Waals surface area contributed by atoms with E-state index in [1.54, 1.807) is 0 Å². The van der Waals surface area contributed by atoms with Gasteiger partial charge in [0.2, 0.25) is 10.0 Å². The minimum atomic E-state index is -4.88. The summed E-state index contributed by atoms with van der Waals surface area (Å²) in [6.45, 7) is 0.879. The lowest BCUT2D eigenvalue weighted by Gasteiger charge is -2.26. The van der Waals surface area contributed by atoms with Gasteiger partial charge in [-0.2, -0.15) is 4.31 Å². The van der Waals surface area contributed by atoms with Crippen molar-refractivity contribution in [3.8, 4) is 5.75 Å². The largest absolute Gasteiger partial charge is 0.573 e. The Kier molecular flexibility index (Phi) is 6.56. The van der Waals surface area contributed by atoms with Gasteiger partial charge in [0.05, 0.1) is 28.7 Å². The Morgan fingerprint density at radius 3 is 2.50 bits per heavy atom. The summed E-state index contributed by atoms with van der Waals surface area (Å²) in [6.07, 6.45) is -4.88. The molecule has 0 atom stereocenters. The van der Waals surface area contributed by atoms with Crippen molar-refractivity contribution < 1.29 is 35.9 Å². The number of rotatable bonds is 5. The van der Waals surface area contributed by atoms with Crippen LogP contribution in [0.3, 0.4) is 0 Å². The fraction of sp³-hybridized carbons (Fsp3) is 0.278. The molecule has 0 unspecified atom stereocenters. The normalized spacial score (nSPS) is 15.6. The first-order valence-electron chi connectivity index (χ1n) is 8.61. The first-order valence-corrected chi connectivity index (χ1v) is 10.4. The predicted molar refractivity (Wildman–Crippen MR) is 102 cm³/mol. The van der Waals surface area contributed by atoms with Gasteiger partial charge in [-0.05, 0) is 30.3 Å². The van der Waals surface area contributed by atoms with Crippen LogP contribution in [-0.4, -0.2) is 51.3 Å². The van der Waals surface area contributed by atoms with E-state index in [0.717, 1.165) is 18.2 Å². The molecule has 2 aromatic carbocycles. The predicted octanol–water partition coefficient (Wildman–Crippen LogP) is 3.51. The molecule has 1 aliphatic rings. The second-order valence-corrected chi connectivity index (χ2v) is 8.53. The zero-order chi connectivity index (χ0) is 21.9. The van der Waals surface area contributed by atoms with E-state index in [4.69, 9.17) is 16.3 Å². The van der Waals surface area contributed by atoms with Crippen LogP contribution >= 0.6 is 11.6 Å². The molecule has 0 spiro atoms. The molecule has 30 heavy (non-hydrogen) atoms. The van der Waals surface area contributed by atoms with Crippen molar-refractivity contribution in [2.75, 3.05) is 31.6 Å². The fourth-order valence-electron chi connectivity index (χ4n) is 2.74. The topological polar surface area (TPSA) is 84.9 Å². The van der Waals surface area contributed by atoms with E-state index in [-0.39, 0.29) is 47.5 Å². The molecular formula is C18H16ClF3N2O5S. The summed E-state index contributed by atoms with van der Waals surface area (Å²) in [5, 5.41) is 2.37. The molecule has 0 aliphatic carbocycles. The summed E-state index contributed by atoms with van der Waals surface area (Å²) in [5.41, 5.74) is -0.132. The molecule has 1 N–H and O–H groups in total. The van der Waals surface area contributed by atoms with Gasteiger partial charge < -0.3 is 14.8 Å². The molecule has 0 aromatic heterocycles. The molecule has 1 heterocycles. The third kappa shape index (κ3) is 5.42. The molecule has 3 rings (SSSR count). The molecule has 1 fully saturated rings. The second-order valence-electron chi connectivity index (χ2n) is 6.19. The lowest BCUT2D eigenvalue weighted by molar-refractivity contribution is -0.274. The Hall–Kier alpha value is -2.34. The molecule has 7 nitrogen and oxygen atoms in total.